The molecule has 0 aromatic heterocycles. The lowest BCUT2D eigenvalue weighted by atomic mass is 9.87. The zero-order valence-corrected chi connectivity index (χ0v) is 19.9. The molecule has 0 saturated heterocycles. The molecule has 0 aliphatic heterocycles. The molecule has 0 aliphatic carbocycles. The lowest BCUT2D eigenvalue weighted by Gasteiger charge is -2.24. The molecule has 0 spiro atoms. The second-order valence-electron chi connectivity index (χ2n) is 8.87. The van der Waals surface area contributed by atoms with E-state index in [0.717, 1.165) is 5.56 Å². The van der Waals surface area contributed by atoms with Gasteiger partial charge in [-0.05, 0) is 59.5 Å². The van der Waals surface area contributed by atoms with Crippen molar-refractivity contribution in [1.82, 2.24) is 5.32 Å². The highest BCUT2D eigenvalue weighted by atomic mass is 19.1. The molecule has 0 bridgehead atoms. The summed E-state index contributed by atoms with van der Waals surface area (Å²) < 4.78 is 18.6. The Bertz CT molecular complexity index is 1120. The number of benzene rings is 3. The van der Waals surface area contributed by atoms with Crippen molar-refractivity contribution in [2.75, 3.05) is 30.4 Å². The molecular weight excluding hydrogens is 433 g/mol. The number of amides is 3. The van der Waals surface area contributed by atoms with Gasteiger partial charge in [-0.1, -0.05) is 39.0 Å². The molecule has 3 aromatic rings. The van der Waals surface area contributed by atoms with Crippen LogP contribution < -0.4 is 20.3 Å². The predicted molar refractivity (Wildman–Crippen MR) is 133 cm³/mol. The quantitative estimate of drug-likeness (QED) is 0.479. The minimum Gasteiger partial charge on any atom is -0.497 e. The smallest absolute Gasteiger partial charge is 0.326 e. The van der Waals surface area contributed by atoms with E-state index in [1.807, 2.05) is 12.1 Å². The molecule has 0 saturated carbocycles. The zero-order valence-electron chi connectivity index (χ0n) is 19.9. The van der Waals surface area contributed by atoms with Crippen LogP contribution in [0.25, 0.3) is 0 Å². The molecular formula is C27H30FN3O3. The van der Waals surface area contributed by atoms with Gasteiger partial charge in [-0.3, -0.25) is 9.69 Å². The van der Waals surface area contributed by atoms with Crippen molar-refractivity contribution in [2.45, 2.75) is 26.2 Å². The van der Waals surface area contributed by atoms with Gasteiger partial charge in [0.05, 0.1) is 7.11 Å². The van der Waals surface area contributed by atoms with E-state index >= 15 is 0 Å². The normalized spacial score (nSPS) is 11.0. The molecule has 0 radical (unpaired) electrons. The Morgan fingerprint density at radius 2 is 1.65 bits per heavy atom. The molecule has 34 heavy (non-hydrogen) atoms. The number of hydrogen-bond acceptors (Lipinski definition) is 3. The highest BCUT2D eigenvalue weighted by molar-refractivity contribution is 6.02. The number of nitrogens with one attached hydrogen (secondary N) is 2. The molecule has 0 atom stereocenters. The van der Waals surface area contributed by atoms with Crippen LogP contribution in [0.5, 0.6) is 5.75 Å². The average Bonchev–Trinajstić information content (AvgIpc) is 2.82. The lowest BCUT2D eigenvalue weighted by molar-refractivity contribution is 0.0954. The number of anilines is 2. The molecule has 7 heteroatoms. The van der Waals surface area contributed by atoms with Crippen molar-refractivity contribution < 1.29 is 18.7 Å². The van der Waals surface area contributed by atoms with E-state index in [-0.39, 0.29) is 24.4 Å². The predicted octanol–water partition coefficient (Wildman–Crippen LogP) is 5.60. The van der Waals surface area contributed by atoms with Gasteiger partial charge in [-0.2, -0.15) is 0 Å². The summed E-state index contributed by atoms with van der Waals surface area (Å²) in [5, 5.41) is 5.67. The topological polar surface area (TPSA) is 70.7 Å². The number of hydrogen-bond donors (Lipinski definition) is 2. The first-order chi connectivity index (χ1) is 16.2. The fraction of sp³-hybridized carbons (Fsp3) is 0.259. The molecule has 0 unspecified atom stereocenters. The van der Waals surface area contributed by atoms with Gasteiger partial charge >= 0.3 is 6.03 Å². The summed E-state index contributed by atoms with van der Waals surface area (Å²) in [5.74, 6) is -0.0208. The van der Waals surface area contributed by atoms with E-state index in [0.29, 0.717) is 22.7 Å². The monoisotopic (exact) mass is 463 g/mol. The van der Waals surface area contributed by atoms with Crippen molar-refractivity contribution in [3.63, 3.8) is 0 Å². The minimum atomic E-state index is -0.413. The van der Waals surface area contributed by atoms with E-state index in [1.165, 1.54) is 29.2 Å². The standard InChI is InChI=1S/C27H30FN3O3/c1-27(2,3)20-10-8-19(9-11-20)25(32)29-16-17-31(23-14-12-21(28)13-15-23)26(33)30-22-6-5-7-24(18-22)34-4/h5-15,18H,16-17H2,1-4H3,(H,29,32)(H,30,33). The van der Waals surface area contributed by atoms with Crippen LogP contribution in [0, 0.1) is 5.82 Å². The summed E-state index contributed by atoms with van der Waals surface area (Å²) in [6.45, 7) is 6.74. The summed E-state index contributed by atoms with van der Waals surface area (Å²) in [4.78, 5) is 27.1. The van der Waals surface area contributed by atoms with Crippen LogP contribution in [0.15, 0.2) is 72.8 Å². The van der Waals surface area contributed by atoms with Gasteiger partial charge in [0.15, 0.2) is 0 Å². The van der Waals surface area contributed by atoms with E-state index in [9.17, 15) is 14.0 Å². The van der Waals surface area contributed by atoms with Crippen LogP contribution in [0.4, 0.5) is 20.6 Å². The molecule has 3 rings (SSSR count). The van der Waals surface area contributed by atoms with Crippen LogP contribution >= 0.6 is 0 Å². The SMILES string of the molecule is COc1cccc(NC(=O)N(CCNC(=O)c2ccc(C(C)(C)C)cc2)c2ccc(F)cc2)c1. The van der Waals surface area contributed by atoms with Crippen LogP contribution in [0.2, 0.25) is 0 Å². The first-order valence-electron chi connectivity index (χ1n) is 11.0. The molecule has 0 aliphatic rings. The molecule has 3 aromatic carbocycles. The third kappa shape index (κ3) is 6.57. The minimum absolute atomic E-state index is 0.000792. The largest absolute Gasteiger partial charge is 0.497 e. The highest BCUT2D eigenvalue weighted by Gasteiger charge is 2.18. The van der Waals surface area contributed by atoms with Gasteiger partial charge in [0.2, 0.25) is 0 Å². The Morgan fingerprint density at radius 1 is 0.971 bits per heavy atom. The maximum absolute atomic E-state index is 13.4. The lowest BCUT2D eigenvalue weighted by Crippen LogP contribution is -2.41. The van der Waals surface area contributed by atoms with E-state index in [2.05, 4.69) is 31.4 Å². The van der Waals surface area contributed by atoms with Crippen molar-refractivity contribution >= 4 is 23.3 Å². The number of rotatable bonds is 7. The Morgan fingerprint density at radius 3 is 2.26 bits per heavy atom. The molecule has 178 valence electrons. The van der Waals surface area contributed by atoms with Gasteiger partial charge in [0.1, 0.15) is 11.6 Å². The average molecular weight is 464 g/mol. The fourth-order valence-electron chi connectivity index (χ4n) is 3.37. The van der Waals surface area contributed by atoms with Crippen molar-refractivity contribution in [1.29, 1.82) is 0 Å². The Balaban J connectivity index is 1.68. The summed E-state index contributed by atoms with van der Waals surface area (Å²) in [6, 6.07) is 19.7. The van der Waals surface area contributed by atoms with Gasteiger partial charge in [0, 0.05) is 36.1 Å². The number of carbonyl (C=O) groups excluding carboxylic acids is 2. The number of nitrogens with zero attached hydrogens (tertiary/aromatic N) is 1. The first kappa shape index (κ1) is 24.8. The van der Waals surface area contributed by atoms with Crippen molar-refractivity contribution in [2.24, 2.45) is 0 Å². The Labute approximate surface area is 199 Å². The van der Waals surface area contributed by atoms with Gasteiger partial charge < -0.3 is 15.4 Å². The second-order valence-corrected chi connectivity index (χ2v) is 8.87. The molecule has 6 nitrogen and oxygen atoms in total. The maximum atomic E-state index is 13.4. The third-order valence-electron chi connectivity index (χ3n) is 5.34. The van der Waals surface area contributed by atoms with E-state index in [1.54, 1.807) is 43.5 Å². The van der Waals surface area contributed by atoms with E-state index in [4.69, 9.17) is 4.74 Å². The summed E-state index contributed by atoms with van der Waals surface area (Å²) in [7, 11) is 1.55. The Kier molecular flexibility index (Phi) is 7.89. The number of carbonyl (C=O) groups is 2. The molecule has 2 N–H and O–H groups in total. The maximum Gasteiger partial charge on any atom is 0.326 e. The number of methoxy groups -OCH3 is 1. The highest BCUT2D eigenvalue weighted by Crippen LogP contribution is 2.22. The molecule has 0 fully saturated rings. The van der Waals surface area contributed by atoms with Gasteiger partial charge in [-0.15, -0.1) is 0 Å². The third-order valence-corrected chi connectivity index (χ3v) is 5.34. The molecule has 3 amide bonds. The summed E-state index contributed by atoms with van der Waals surface area (Å²) in [6.07, 6.45) is 0. The van der Waals surface area contributed by atoms with Crippen LogP contribution in [-0.2, 0) is 5.41 Å². The van der Waals surface area contributed by atoms with Crippen LogP contribution in [-0.4, -0.2) is 32.1 Å². The first-order valence-corrected chi connectivity index (χ1v) is 11.0. The summed E-state index contributed by atoms with van der Waals surface area (Å²) >= 11 is 0. The number of urea groups is 1. The van der Waals surface area contributed by atoms with E-state index < -0.39 is 11.8 Å². The zero-order chi connectivity index (χ0) is 24.7. The second kappa shape index (κ2) is 10.8. The van der Waals surface area contributed by atoms with Gasteiger partial charge in [-0.25, -0.2) is 9.18 Å². The summed E-state index contributed by atoms with van der Waals surface area (Å²) in [5.41, 5.74) is 2.74. The number of ether oxygens (including phenoxy) is 1. The van der Waals surface area contributed by atoms with Crippen LogP contribution in [0.3, 0.4) is 0 Å². The fourth-order valence-corrected chi connectivity index (χ4v) is 3.37. The van der Waals surface area contributed by atoms with Crippen molar-refractivity contribution in [3.05, 3.63) is 89.7 Å². The number of halogens is 1. The van der Waals surface area contributed by atoms with Gasteiger partial charge in [0.25, 0.3) is 5.91 Å². The van der Waals surface area contributed by atoms with Crippen molar-refractivity contribution in [3.8, 4) is 5.75 Å². The van der Waals surface area contributed by atoms with Crippen LogP contribution in [0.1, 0.15) is 36.7 Å². The molecule has 0 heterocycles. The Hall–Kier alpha value is -3.87.